The van der Waals surface area contributed by atoms with E-state index in [1.807, 2.05) is 0 Å². The van der Waals surface area contributed by atoms with E-state index in [-0.39, 0.29) is 0 Å². The van der Waals surface area contributed by atoms with Crippen LogP contribution in [-0.2, 0) is 4.79 Å². The zero-order valence-corrected chi connectivity index (χ0v) is 6.27. The van der Waals surface area contributed by atoms with Crippen LogP contribution in [0, 0.1) is 0 Å². The van der Waals surface area contributed by atoms with Gasteiger partial charge in [0, 0.05) is 0 Å². The van der Waals surface area contributed by atoms with Crippen molar-refractivity contribution in [1.29, 1.82) is 0 Å². The summed E-state index contributed by atoms with van der Waals surface area (Å²) >= 11 is 0. The van der Waals surface area contributed by atoms with Crippen LogP contribution in [0.1, 0.15) is 6.92 Å². The van der Waals surface area contributed by atoms with E-state index in [0.29, 0.717) is 0 Å². The van der Waals surface area contributed by atoms with Crippen LogP contribution in [0.4, 0.5) is 0 Å². The lowest BCUT2D eigenvalue weighted by Crippen LogP contribution is -2.48. The van der Waals surface area contributed by atoms with Gasteiger partial charge in [-0.2, -0.15) is 0 Å². The summed E-state index contributed by atoms with van der Waals surface area (Å²) in [5.41, 5.74) is 5.15. The standard InChI is InChI=1S/C6H13NO4/c1-3(9)6(11)5(7)4(10)2-8/h3,5-6,8-9,11H,2,7H2,1H3. The van der Waals surface area contributed by atoms with Crippen molar-refractivity contribution in [3.8, 4) is 0 Å². The van der Waals surface area contributed by atoms with Gasteiger partial charge in [0.25, 0.3) is 0 Å². The van der Waals surface area contributed by atoms with Crippen LogP contribution in [0.3, 0.4) is 0 Å². The highest BCUT2D eigenvalue weighted by Gasteiger charge is 2.25. The molecule has 3 unspecified atom stereocenters. The summed E-state index contributed by atoms with van der Waals surface area (Å²) in [6, 6.07) is -1.21. The number of carbonyl (C=O) groups is 1. The lowest BCUT2D eigenvalue weighted by atomic mass is 10.0. The number of carbonyl (C=O) groups excluding carboxylic acids is 1. The average molecular weight is 163 g/mol. The van der Waals surface area contributed by atoms with Crippen molar-refractivity contribution < 1.29 is 20.1 Å². The number of hydrogen-bond acceptors (Lipinski definition) is 5. The van der Waals surface area contributed by atoms with E-state index in [0.717, 1.165) is 0 Å². The van der Waals surface area contributed by atoms with Crippen LogP contribution in [0.15, 0.2) is 0 Å². The van der Waals surface area contributed by atoms with E-state index in [2.05, 4.69) is 0 Å². The molecule has 0 aliphatic carbocycles. The first-order valence-corrected chi connectivity index (χ1v) is 3.26. The number of hydrogen-bond donors (Lipinski definition) is 4. The fourth-order valence-electron chi connectivity index (χ4n) is 0.596. The van der Waals surface area contributed by atoms with Crippen LogP contribution in [-0.4, -0.2) is 46.0 Å². The Bertz CT molecular complexity index is 137. The number of aliphatic hydroxyl groups excluding tert-OH is 3. The smallest absolute Gasteiger partial charge is 0.177 e. The molecule has 11 heavy (non-hydrogen) atoms. The first-order valence-electron chi connectivity index (χ1n) is 3.26. The average Bonchev–Trinajstić information content (AvgIpc) is 2.00. The van der Waals surface area contributed by atoms with E-state index in [1.165, 1.54) is 6.92 Å². The maximum Gasteiger partial charge on any atom is 0.177 e. The molecule has 0 saturated heterocycles. The molecule has 0 amide bonds. The maximum atomic E-state index is 10.6. The highest BCUT2D eigenvalue weighted by Crippen LogP contribution is 1.97. The van der Waals surface area contributed by atoms with E-state index in [1.54, 1.807) is 0 Å². The summed E-state index contributed by atoms with van der Waals surface area (Å²) in [5.74, 6) is -0.682. The highest BCUT2D eigenvalue weighted by molar-refractivity contribution is 5.85. The van der Waals surface area contributed by atoms with Gasteiger partial charge in [-0.25, -0.2) is 0 Å². The molecule has 0 saturated carbocycles. The first kappa shape index (κ1) is 10.5. The second kappa shape index (κ2) is 4.40. The molecule has 0 rings (SSSR count). The van der Waals surface area contributed by atoms with Gasteiger partial charge in [-0.05, 0) is 6.92 Å². The van der Waals surface area contributed by atoms with E-state index < -0.39 is 30.6 Å². The van der Waals surface area contributed by atoms with Gasteiger partial charge in [-0.15, -0.1) is 0 Å². The second-order valence-electron chi connectivity index (χ2n) is 2.38. The van der Waals surface area contributed by atoms with E-state index >= 15 is 0 Å². The van der Waals surface area contributed by atoms with Gasteiger partial charge in [0.1, 0.15) is 12.7 Å². The van der Waals surface area contributed by atoms with Crippen molar-refractivity contribution in [2.45, 2.75) is 25.2 Å². The Hall–Kier alpha value is -0.490. The topological polar surface area (TPSA) is 104 Å². The van der Waals surface area contributed by atoms with Crippen molar-refractivity contribution in [2.24, 2.45) is 5.73 Å². The third kappa shape index (κ3) is 2.94. The molecule has 3 atom stereocenters. The molecule has 0 aliphatic rings. The Morgan fingerprint density at radius 2 is 2.00 bits per heavy atom. The molecule has 0 radical (unpaired) electrons. The molecule has 0 aromatic heterocycles. The minimum absolute atomic E-state index is 0.682. The molecule has 66 valence electrons. The molecule has 5 N–H and O–H groups in total. The van der Waals surface area contributed by atoms with Crippen LogP contribution >= 0.6 is 0 Å². The molecule has 5 nitrogen and oxygen atoms in total. The minimum Gasteiger partial charge on any atom is -0.391 e. The number of nitrogens with two attached hydrogens (primary N) is 1. The number of aliphatic hydroxyl groups is 3. The van der Waals surface area contributed by atoms with Gasteiger partial charge in [0.2, 0.25) is 0 Å². The number of ketones is 1. The Kier molecular flexibility index (Phi) is 4.20. The molecular formula is C6H13NO4. The van der Waals surface area contributed by atoms with Crippen molar-refractivity contribution in [3.05, 3.63) is 0 Å². The summed E-state index contributed by atoms with van der Waals surface area (Å²) in [6.07, 6.45) is -2.38. The third-order valence-electron chi connectivity index (χ3n) is 1.39. The largest absolute Gasteiger partial charge is 0.391 e. The molecular weight excluding hydrogens is 150 g/mol. The van der Waals surface area contributed by atoms with Crippen molar-refractivity contribution in [1.82, 2.24) is 0 Å². The Morgan fingerprint density at radius 1 is 1.55 bits per heavy atom. The highest BCUT2D eigenvalue weighted by atomic mass is 16.3. The first-order chi connectivity index (χ1) is 5.00. The number of rotatable bonds is 4. The van der Waals surface area contributed by atoms with Gasteiger partial charge >= 0.3 is 0 Å². The lowest BCUT2D eigenvalue weighted by molar-refractivity contribution is -0.127. The summed E-state index contributed by atoms with van der Waals surface area (Å²) in [4.78, 5) is 10.6. The van der Waals surface area contributed by atoms with Crippen LogP contribution in [0.5, 0.6) is 0 Å². The van der Waals surface area contributed by atoms with Crippen molar-refractivity contribution in [2.75, 3.05) is 6.61 Å². The second-order valence-corrected chi connectivity index (χ2v) is 2.38. The Balaban J connectivity index is 4.01. The summed E-state index contributed by atoms with van der Waals surface area (Å²) < 4.78 is 0. The van der Waals surface area contributed by atoms with Gasteiger partial charge in [0.15, 0.2) is 5.78 Å². The minimum atomic E-state index is -1.31. The summed E-state index contributed by atoms with van der Waals surface area (Å²) in [5, 5.41) is 26.1. The SMILES string of the molecule is CC(O)C(O)C(N)C(=O)CO. The molecule has 0 heterocycles. The van der Waals surface area contributed by atoms with Gasteiger partial charge in [-0.3, -0.25) is 4.79 Å². The predicted octanol–water partition coefficient (Wildman–Crippen LogP) is -2.38. The molecule has 0 aromatic carbocycles. The van der Waals surface area contributed by atoms with Crippen LogP contribution < -0.4 is 5.73 Å². The molecule has 0 spiro atoms. The van der Waals surface area contributed by atoms with Gasteiger partial charge in [0.05, 0.1) is 12.1 Å². The fourth-order valence-corrected chi connectivity index (χ4v) is 0.596. The van der Waals surface area contributed by atoms with Gasteiger partial charge in [-0.1, -0.05) is 0 Å². The fraction of sp³-hybridized carbons (Fsp3) is 0.833. The van der Waals surface area contributed by atoms with Crippen molar-refractivity contribution >= 4 is 5.78 Å². The van der Waals surface area contributed by atoms with Crippen LogP contribution in [0.25, 0.3) is 0 Å². The molecule has 0 fully saturated rings. The third-order valence-corrected chi connectivity index (χ3v) is 1.39. The molecule has 0 bridgehead atoms. The van der Waals surface area contributed by atoms with E-state index in [4.69, 9.17) is 21.1 Å². The quantitative estimate of drug-likeness (QED) is 0.370. The zero-order valence-electron chi connectivity index (χ0n) is 6.27. The lowest BCUT2D eigenvalue weighted by Gasteiger charge is -2.18. The zero-order chi connectivity index (χ0) is 9.02. The Labute approximate surface area is 64.4 Å². The molecule has 0 aliphatic heterocycles. The van der Waals surface area contributed by atoms with Crippen molar-refractivity contribution in [3.63, 3.8) is 0 Å². The number of Topliss-reactive ketones (excluding diaryl/α,β-unsaturated/α-hetero) is 1. The van der Waals surface area contributed by atoms with Gasteiger partial charge < -0.3 is 21.1 Å². The van der Waals surface area contributed by atoms with Crippen LogP contribution in [0.2, 0.25) is 0 Å². The van der Waals surface area contributed by atoms with E-state index in [9.17, 15) is 4.79 Å². The normalized spacial score (nSPS) is 19.0. The monoisotopic (exact) mass is 163 g/mol. The molecule has 0 aromatic rings. The Morgan fingerprint density at radius 3 is 2.27 bits per heavy atom. The maximum absolute atomic E-state index is 10.6. The molecule has 5 heteroatoms. The predicted molar refractivity (Wildman–Crippen MR) is 37.8 cm³/mol. The summed E-state index contributed by atoms with van der Waals surface area (Å²) in [7, 11) is 0. The summed E-state index contributed by atoms with van der Waals surface area (Å²) in [6.45, 7) is 0.597.